The van der Waals surface area contributed by atoms with Crippen molar-refractivity contribution in [1.29, 1.82) is 0 Å². The summed E-state index contributed by atoms with van der Waals surface area (Å²) < 4.78 is 5.73. The smallest absolute Gasteiger partial charge is 0.318 e. The second kappa shape index (κ2) is 6.05. The molecule has 0 bridgehead atoms. The van der Waals surface area contributed by atoms with Gasteiger partial charge in [-0.2, -0.15) is 0 Å². The topological polar surface area (TPSA) is 54.2 Å². The number of nitrogens with one attached hydrogen (secondary N) is 1. The van der Waals surface area contributed by atoms with Crippen LogP contribution in [0.4, 0.5) is 6.01 Å². The maximum absolute atomic E-state index is 5.73. The molecule has 0 atom stereocenters. The molecule has 5 nitrogen and oxygen atoms in total. The molecule has 0 spiro atoms. The average molecular weight is 272 g/mol. The van der Waals surface area contributed by atoms with Crippen molar-refractivity contribution in [3.8, 4) is 0 Å². The van der Waals surface area contributed by atoms with Crippen LogP contribution in [0.25, 0.3) is 0 Å². The second-order valence-corrected chi connectivity index (χ2v) is 5.10. The lowest BCUT2D eigenvalue weighted by molar-refractivity contribution is 0.457. The van der Waals surface area contributed by atoms with Gasteiger partial charge in [-0.1, -0.05) is 36.3 Å². The maximum Gasteiger partial charge on any atom is 0.318 e. The molecule has 2 heterocycles. The average Bonchev–Trinajstić information content (AvgIpc) is 2.96. The van der Waals surface area contributed by atoms with Crippen molar-refractivity contribution in [3.63, 3.8) is 0 Å². The molecule has 20 heavy (non-hydrogen) atoms. The highest BCUT2D eigenvalue weighted by atomic mass is 16.4. The summed E-state index contributed by atoms with van der Waals surface area (Å²) in [5.41, 5.74) is 2.77. The summed E-state index contributed by atoms with van der Waals surface area (Å²) in [5.74, 6) is 0.660. The second-order valence-electron chi connectivity index (χ2n) is 5.10. The van der Waals surface area contributed by atoms with Crippen LogP contribution in [0, 0.1) is 0 Å². The molecule has 0 saturated heterocycles. The van der Waals surface area contributed by atoms with E-state index in [1.54, 1.807) is 0 Å². The van der Waals surface area contributed by atoms with Gasteiger partial charge in [-0.25, -0.2) is 0 Å². The monoisotopic (exact) mass is 272 g/mol. The summed E-state index contributed by atoms with van der Waals surface area (Å²) in [7, 11) is 0. The minimum absolute atomic E-state index is 0.632. The van der Waals surface area contributed by atoms with Gasteiger partial charge in [-0.05, 0) is 30.5 Å². The first-order valence-electron chi connectivity index (χ1n) is 7.21. The molecule has 5 heteroatoms. The molecular formula is C15H20N4O. The number of nitrogens with zero attached hydrogens (tertiary/aromatic N) is 3. The van der Waals surface area contributed by atoms with Crippen molar-refractivity contribution in [2.45, 2.75) is 32.9 Å². The Bertz CT molecular complexity index is 567. The number of benzene rings is 1. The van der Waals surface area contributed by atoms with Crippen molar-refractivity contribution in [2.75, 3.05) is 18.0 Å². The Morgan fingerprint density at radius 1 is 1.25 bits per heavy atom. The predicted molar refractivity (Wildman–Crippen MR) is 77.5 cm³/mol. The molecule has 1 N–H and O–H groups in total. The van der Waals surface area contributed by atoms with E-state index >= 15 is 0 Å². The minimum Gasteiger partial charge on any atom is -0.407 e. The zero-order chi connectivity index (χ0) is 13.8. The largest absolute Gasteiger partial charge is 0.407 e. The number of rotatable bonds is 5. The van der Waals surface area contributed by atoms with Gasteiger partial charge in [-0.15, -0.1) is 5.10 Å². The van der Waals surface area contributed by atoms with Gasteiger partial charge < -0.3 is 14.6 Å². The van der Waals surface area contributed by atoms with Crippen molar-refractivity contribution in [3.05, 3.63) is 41.3 Å². The molecule has 1 aromatic carbocycles. The SMILES string of the molecule is CCCNCc1nnc(N2CCc3ccccc3C2)o1. The predicted octanol–water partition coefficient (Wildman–Crippen LogP) is 2.13. The third kappa shape index (κ3) is 2.82. The summed E-state index contributed by atoms with van der Waals surface area (Å²) in [6.07, 6.45) is 2.13. The minimum atomic E-state index is 0.632. The fourth-order valence-electron chi connectivity index (χ4n) is 2.48. The molecule has 0 radical (unpaired) electrons. The molecule has 3 rings (SSSR count). The van der Waals surface area contributed by atoms with Gasteiger partial charge >= 0.3 is 6.01 Å². The van der Waals surface area contributed by atoms with Crippen molar-refractivity contribution in [2.24, 2.45) is 0 Å². The van der Waals surface area contributed by atoms with Crippen LogP contribution in [-0.4, -0.2) is 23.3 Å². The number of hydrogen-bond donors (Lipinski definition) is 1. The molecule has 1 aliphatic rings. The highest BCUT2D eigenvalue weighted by molar-refractivity contribution is 5.37. The number of hydrogen-bond acceptors (Lipinski definition) is 5. The zero-order valence-electron chi connectivity index (χ0n) is 11.8. The van der Waals surface area contributed by atoms with E-state index in [1.165, 1.54) is 11.1 Å². The van der Waals surface area contributed by atoms with E-state index in [9.17, 15) is 0 Å². The van der Waals surface area contributed by atoms with E-state index in [1.807, 2.05) is 0 Å². The van der Waals surface area contributed by atoms with Crippen LogP contribution in [0.5, 0.6) is 0 Å². The van der Waals surface area contributed by atoms with Crippen molar-refractivity contribution < 1.29 is 4.42 Å². The van der Waals surface area contributed by atoms with E-state index in [-0.39, 0.29) is 0 Å². The summed E-state index contributed by atoms with van der Waals surface area (Å²) in [4.78, 5) is 2.15. The Balaban J connectivity index is 1.66. The Morgan fingerprint density at radius 3 is 2.95 bits per heavy atom. The Labute approximate surface area is 119 Å². The van der Waals surface area contributed by atoms with Crippen LogP contribution in [0.1, 0.15) is 30.4 Å². The third-order valence-electron chi connectivity index (χ3n) is 3.56. The van der Waals surface area contributed by atoms with Crippen LogP contribution in [0.15, 0.2) is 28.7 Å². The lowest BCUT2D eigenvalue weighted by Gasteiger charge is -2.26. The first-order chi connectivity index (χ1) is 9.86. The summed E-state index contributed by atoms with van der Waals surface area (Å²) in [6.45, 7) is 5.53. The number of fused-ring (bicyclic) bond motifs is 1. The molecule has 106 valence electrons. The highest BCUT2D eigenvalue weighted by Gasteiger charge is 2.20. The lowest BCUT2D eigenvalue weighted by atomic mass is 10.0. The molecule has 0 saturated carbocycles. The molecule has 1 aromatic heterocycles. The van der Waals surface area contributed by atoms with Gasteiger partial charge in [0.05, 0.1) is 6.54 Å². The lowest BCUT2D eigenvalue weighted by Crippen LogP contribution is -2.30. The summed E-state index contributed by atoms with van der Waals surface area (Å²) in [6, 6.07) is 9.17. The standard InChI is InChI=1S/C15H20N4O/c1-2-8-16-10-14-17-18-15(20-14)19-9-7-12-5-3-4-6-13(12)11-19/h3-6,16H,2,7-11H2,1H3. The Kier molecular flexibility index (Phi) is 3.97. The van der Waals surface area contributed by atoms with Gasteiger partial charge in [0.25, 0.3) is 0 Å². The van der Waals surface area contributed by atoms with Crippen LogP contribution in [0.3, 0.4) is 0 Å². The van der Waals surface area contributed by atoms with Gasteiger partial charge in [0, 0.05) is 13.1 Å². The summed E-state index contributed by atoms with van der Waals surface area (Å²) in [5, 5.41) is 11.5. The Morgan fingerprint density at radius 2 is 2.10 bits per heavy atom. The molecule has 1 aliphatic heterocycles. The molecule has 0 fully saturated rings. The fourth-order valence-corrected chi connectivity index (χ4v) is 2.48. The van der Waals surface area contributed by atoms with Gasteiger partial charge in [0.2, 0.25) is 5.89 Å². The van der Waals surface area contributed by atoms with E-state index in [0.717, 1.165) is 32.5 Å². The molecule has 2 aromatic rings. The first-order valence-corrected chi connectivity index (χ1v) is 7.21. The number of aromatic nitrogens is 2. The fraction of sp³-hybridized carbons (Fsp3) is 0.467. The van der Waals surface area contributed by atoms with E-state index in [4.69, 9.17) is 4.42 Å². The van der Waals surface area contributed by atoms with Crippen molar-refractivity contribution >= 4 is 6.01 Å². The molecule has 0 amide bonds. The summed E-state index contributed by atoms with van der Waals surface area (Å²) >= 11 is 0. The van der Waals surface area contributed by atoms with E-state index in [2.05, 4.69) is 51.6 Å². The number of anilines is 1. The van der Waals surface area contributed by atoms with Crippen molar-refractivity contribution in [1.82, 2.24) is 15.5 Å². The highest BCUT2D eigenvalue weighted by Crippen LogP contribution is 2.23. The van der Waals surface area contributed by atoms with Gasteiger partial charge in [0.15, 0.2) is 0 Å². The quantitative estimate of drug-likeness (QED) is 0.845. The van der Waals surface area contributed by atoms with Crippen LogP contribution in [-0.2, 0) is 19.5 Å². The normalized spacial score (nSPS) is 14.3. The van der Waals surface area contributed by atoms with Gasteiger partial charge in [0.1, 0.15) is 0 Å². The van der Waals surface area contributed by atoms with Crippen LogP contribution < -0.4 is 10.2 Å². The van der Waals surface area contributed by atoms with Crippen LogP contribution >= 0.6 is 0 Å². The van der Waals surface area contributed by atoms with E-state index in [0.29, 0.717) is 18.5 Å². The van der Waals surface area contributed by atoms with E-state index < -0.39 is 0 Å². The maximum atomic E-state index is 5.73. The Hall–Kier alpha value is -1.88. The third-order valence-corrected chi connectivity index (χ3v) is 3.56. The molecular weight excluding hydrogens is 252 g/mol. The van der Waals surface area contributed by atoms with Crippen LogP contribution in [0.2, 0.25) is 0 Å². The first kappa shape index (κ1) is 13.1. The zero-order valence-corrected chi connectivity index (χ0v) is 11.8. The molecule has 0 aliphatic carbocycles. The molecule has 0 unspecified atom stereocenters. The van der Waals surface area contributed by atoms with Gasteiger partial charge in [-0.3, -0.25) is 0 Å².